The van der Waals surface area contributed by atoms with E-state index < -0.39 is 33.6 Å². The van der Waals surface area contributed by atoms with Crippen molar-refractivity contribution >= 4 is 21.6 Å². The number of alkyl halides is 3. The van der Waals surface area contributed by atoms with Crippen molar-refractivity contribution in [2.24, 2.45) is 0 Å². The Morgan fingerprint density at radius 3 is 2.26 bits per heavy atom. The summed E-state index contributed by atoms with van der Waals surface area (Å²) < 4.78 is 66.0. The van der Waals surface area contributed by atoms with E-state index in [9.17, 15) is 36.9 Å². The Morgan fingerprint density at radius 1 is 1.05 bits per heavy atom. The number of nitrogens with zero attached hydrogens (tertiary/aromatic N) is 5. The van der Waals surface area contributed by atoms with Crippen LogP contribution in [0.5, 0.6) is 0 Å². The van der Waals surface area contributed by atoms with Gasteiger partial charge in [0.1, 0.15) is 0 Å². The second-order valence-corrected chi connectivity index (χ2v) is 11.0. The van der Waals surface area contributed by atoms with Crippen LogP contribution in [0.25, 0.3) is 0 Å². The molecule has 1 unspecified atom stereocenters. The van der Waals surface area contributed by atoms with Crippen molar-refractivity contribution in [2.45, 2.75) is 37.9 Å². The van der Waals surface area contributed by atoms with Crippen LogP contribution in [0, 0.1) is 22.7 Å². The number of amides is 2. The molecule has 12 heteroatoms. The predicted octanol–water partition coefficient (Wildman–Crippen LogP) is 5.10. The third-order valence-corrected chi connectivity index (χ3v) is 7.84. The maximum Gasteiger partial charge on any atom is 0.416 e. The first kappa shape index (κ1) is 29.7. The molecule has 2 aromatic carbocycles. The topological polar surface area (TPSA) is 109 Å². The highest BCUT2D eigenvalue weighted by Crippen LogP contribution is 2.42. The summed E-state index contributed by atoms with van der Waals surface area (Å²) in [5.41, 5.74) is -0.738. The quantitative estimate of drug-likeness (QED) is 0.445. The van der Waals surface area contributed by atoms with E-state index in [1.54, 1.807) is 0 Å². The van der Waals surface area contributed by atoms with Gasteiger partial charge in [-0.15, -0.1) is 0 Å². The number of carbonyl (C=O) groups is 1. The van der Waals surface area contributed by atoms with E-state index in [0.29, 0.717) is 19.6 Å². The zero-order valence-corrected chi connectivity index (χ0v) is 22.8. The maximum absolute atomic E-state index is 14.0. The monoisotopic (exact) mass is 559 g/mol. The van der Waals surface area contributed by atoms with Gasteiger partial charge in [0.25, 0.3) is 0 Å². The Kier molecular flexibility index (Phi) is 8.74. The van der Waals surface area contributed by atoms with Crippen molar-refractivity contribution in [3.63, 3.8) is 0 Å². The second-order valence-electron chi connectivity index (χ2n) is 9.04. The van der Waals surface area contributed by atoms with E-state index in [4.69, 9.17) is 0 Å². The van der Waals surface area contributed by atoms with E-state index >= 15 is 0 Å². The van der Waals surface area contributed by atoms with Crippen LogP contribution in [0.15, 0.2) is 58.6 Å². The van der Waals surface area contributed by atoms with Crippen molar-refractivity contribution in [1.29, 1.82) is 10.5 Å². The lowest BCUT2D eigenvalue weighted by Gasteiger charge is -2.43. The first-order chi connectivity index (χ1) is 18.3. The lowest BCUT2D eigenvalue weighted by molar-refractivity contribution is -0.137. The fraction of sp³-hybridized carbons (Fsp3) is 0.370. The van der Waals surface area contributed by atoms with Crippen molar-refractivity contribution in [1.82, 2.24) is 9.80 Å². The van der Waals surface area contributed by atoms with Crippen LogP contribution >= 0.6 is 0 Å². The van der Waals surface area contributed by atoms with E-state index in [-0.39, 0.29) is 39.5 Å². The van der Waals surface area contributed by atoms with Crippen molar-refractivity contribution in [3.8, 4) is 12.1 Å². The zero-order valence-electron chi connectivity index (χ0n) is 22.0. The molecular formula is C27H28F3N5O3S. The number of urea groups is 1. The summed E-state index contributed by atoms with van der Waals surface area (Å²) in [4.78, 5) is 18.2. The molecule has 0 saturated carbocycles. The normalized spacial score (nSPS) is 16.5. The number of sulfone groups is 1. The molecule has 206 valence electrons. The minimum atomic E-state index is -4.65. The van der Waals surface area contributed by atoms with Gasteiger partial charge >= 0.3 is 12.2 Å². The Balaban J connectivity index is 2.31. The first-order valence-electron chi connectivity index (χ1n) is 12.1. The van der Waals surface area contributed by atoms with Crippen LogP contribution in [0.3, 0.4) is 0 Å². The molecule has 0 N–H and O–H groups in total. The van der Waals surface area contributed by atoms with Gasteiger partial charge in [0.2, 0.25) is 0 Å². The summed E-state index contributed by atoms with van der Waals surface area (Å²) >= 11 is 0. The third-order valence-electron chi connectivity index (χ3n) is 6.69. The van der Waals surface area contributed by atoms with Crippen molar-refractivity contribution in [2.75, 3.05) is 37.3 Å². The molecule has 0 fully saturated rings. The van der Waals surface area contributed by atoms with Gasteiger partial charge in [-0.05, 0) is 55.9 Å². The third kappa shape index (κ3) is 6.08. The SMILES string of the molecule is CCN(CC)CCN1C(=O)N(c2cccc(C(F)(F)F)c2)C(C)=C(C#N)C1c1ccc(C#N)cc1S(C)(=O)=O. The highest BCUT2D eigenvalue weighted by atomic mass is 32.2. The lowest BCUT2D eigenvalue weighted by atomic mass is 9.92. The maximum atomic E-state index is 14.0. The van der Waals surface area contributed by atoms with Gasteiger partial charge in [0.15, 0.2) is 9.84 Å². The van der Waals surface area contributed by atoms with Gasteiger partial charge in [0.05, 0.1) is 45.5 Å². The molecule has 0 saturated heterocycles. The van der Waals surface area contributed by atoms with Gasteiger partial charge in [-0.3, -0.25) is 4.90 Å². The summed E-state index contributed by atoms with van der Waals surface area (Å²) in [6.07, 6.45) is -3.68. The smallest absolute Gasteiger partial charge is 0.311 e. The number of carbonyl (C=O) groups excluding carboxylic acids is 1. The van der Waals surface area contributed by atoms with Crippen LogP contribution in [-0.4, -0.2) is 56.7 Å². The molecular weight excluding hydrogens is 531 g/mol. The summed E-state index contributed by atoms with van der Waals surface area (Å²) in [7, 11) is -3.90. The zero-order chi connectivity index (χ0) is 29.1. The number of halogens is 3. The van der Waals surface area contributed by atoms with E-state index in [0.717, 1.165) is 23.3 Å². The van der Waals surface area contributed by atoms with E-state index in [2.05, 4.69) is 6.07 Å². The molecule has 0 spiro atoms. The van der Waals surface area contributed by atoms with Gasteiger partial charge in [0, 0.05) is 25.0 Å². The van der Waals surface area contributed by atoms with Crippen molar-refractivity contribution < 1.29 is 26.4 Å². The molecule has 1 aliphatic rings. The molecule has 0 aliphatic carbocycles. The van der Waals surface area contributed by atoms with E-state index in [1.807, 2.05) is 24.8 Å². The predicted molar refractivity (Wildman–Crippen MR) is 139 cm³/mol. The molecule has 1 aliphatic heterocycles. The molecule has 0 aromatic heterocycles. The minimum Gasteiger partial charge on any atom is -0.311 e. The van der Waals surface area contributed by atoms with Gasteiger partial charge < -0.3 is 9.80 Å². The molecule has 8 nitrogen and oxygen atoms in total. The molecule has 1 atom stereocenters. The summed E-state index contributed by atoms with van der Waals surface area (Å²) in [5, 5.41) is 19.6. The Bertz CT molecular complexity index is 1490. The molecule has 2 amide bonds. The largest absolute Gasteiger partial charge is 0.416 e. The Labute approximate surface area is 226 Å². The number of hydrogen-bond acceptors (Lipinski definition) is 6. The van der Waals surface area contributed by atoms with Gasteiger partial charge in [-0.1, -0.05) is 26.0 Å². The highest BCUT2D eigenvalue weighted by molar-refractivity contribution is 7.90. The number of nitriles is 2. The van der Waals surface area contributed by atoms with Crippen LogP contribution in [0.1, 0.15) is 43.5 Å². The average molecular weight is 560 g/mol. The number of anilines is 1. The number of benzene rings is 2. The molecule has 0 bridgehead atoms. The number of likely N-dealkylation sites (N-methyl/N-ethyl adjacent to an activating group) is 1. The summed E-state index contributed by atoms with van der Waals surface area (Å²) in [6.45, 7) is 7.05. The standard InChI is InChI=1S/C27H28F3N5O3S/c1-5-33(6-2)12-13-34-25(22-11-10-19(16-31)14-24(22)39(4,37)38)23(17-32)18(3)35(26(34)36)21-9-7-8-20(15-21)27(28,29)30/h7-11,14-15,25H,5-6,12-13H2,1-4H3. The molecule has 0 radical (unpaired) electrons. The van der Waals surface area contributed by atoms with E-state index in [1.165, 1.54) is 42.2 Å². The molecule has 1 heterocycles. The minimum absolute atomic E-state index is 0.00108. The number of rotatable bonds is 8. The fourth-order valence-electron chi connectivity index (χ4n) is 4.61. The van der Waals surface area contributed by atoms with Crippen LogP contribution in [-0.2, 0) is 16.0 Å². The van der Waals surface area contributed by atoms with Crippen molar-refractivity contribution in [3.05, 3.63) is 70.4 Å². The molecule has 2 aromatic rings. The first-order valence-corrected chi connectivity index (χ1v) is 14.0. The lowest BCUT2D eigenvalue weighted by Crippen LogP contribution is -2.51. The van der Waals surface area contributed by atoms with Crippen LogP contribution in [0.2, 0.25) is 0 Å². The highest BCUT2D eigenvalue weighted by Gasteiger charge is 2.42. The summed E-state index contributed by atoms with van der Waals surface area (Å²) in [5.74, 6) is 0. The second kappa shape index (κ2) is 11.5. The summed E-state index contributed by atoms with van der Waals surface area (Å²) in [6, 6.07) is 10.4. The van der Waals surface area contributed by atoms with Crippen LogP contribution < -0.4 is 4.90 Å². The van der Waals surface area contributed by atoms with Gasteiger partial charge in [-0.2, -0.15) is 23.7 Å². The fourth-order valence-corrected chi connectivity index (χ4v) is 5.56. The Hall–Kier alpha value is -3.87. The number of hydrogen-bond donors (Lipinski definition) is 0. The molecule has 3 rings (SSSR count). The van der Waals surface area contributed by atoms with Crippen LogP contribution in [0.4, 0.5) is 23.7 Å². The molecule has 39 heavy (non-hydrogen) atoms. The average Bonchev–Trinajstić information content (AvgIpc) is 2.89. The Morgan fingerprint density at radius 2 is 1.72 bits per heavy atom. The number of allylic oxidation sites excluding steroid dienone is 1. The van der Waals surface area contributed by atoms with Gasteiger partial charge in [-0.25, -0.2) is 13.2 Å².